The molecular formula is C14H17N3. The summed E-state index contributed by atoms with van der Waals surface area (Å²) in [6.07, 6.45) is 4.79. The molecule has 1 aliphatic carbocycles. The minimum Gasteiger partial charge on any atom is -0.342 e. The summed E-state index contributed by atoms with van der Waals surface area (Å²) in [4.78, 5) is 8.15. The Balaban J connectivity index is 2.00. The molecule has 3 N–H and O–H groups in total. The first kappa shape index (κ1) is 10.5. The molecule has 1 aromatic heterocycles. The highest BCUT2D eigenvalue weighted by Gasteiger charge is 2.14. The fourth-order valence-corrected chi connectivity index (χ4v) is 2.44. The highest BCUT2D eigenvalue weighted by atomic mass is 14.9. The van der Waals surface area contributed by atoms with Crippen molar-refractivity contribution in [3.63, 3.8) is 0 Å². The van der Waals surface area contributed by atoms with Gasteiger partial charge in [0.05, 0.1) is 5.69 Å². The van der Waals surface area contributed by atoms with Crippen LogP contribution in [0, 0.1) is 0 Å². The van der Waals surface area contributed by atoms with Gasteiger partial charge in [0.2, 0.25) is 0 Å². The fraction of sp³-hybridized carbons (Fsp3) is 0.357. The molecule has 0 aliphatic heterocycles. The first-order valence-corrected chi connectivity index (χ1v) is 6.24. The van der Waals surface area contributed by atoms with Crippen molar-refractivity contribution in [2.75, 3.05) is 0 Å². The van der Waals surface area contributed by atoms with E-state index in [1.54, 1.807) is 0 Å². The Labute approximate surface area is 101 Å². The predicted molar refractivity (Wildman–Crippen MR) is 68.6 cm³/mol. The molecule has 0 spiro atoms. The second-order valence-electron chi connectivity index (χ2n) is 4.62. The van der Waals surface area contributed by atoms with Gasteiger partial charge in [-0.15, -0.1) is 0 Å². The van der Waals surface area contributed by atoms with Gasteiger partial charge >= 0.3 is 0 Å². The zero-order valence-corrected chi connectivity index (χ0v) is 9.87. The first-order chi connectivity index (χ1) is 8.36. The lowest BCUT2D eigenvalue weighted by Gasteiger charge is -2.07. The quantitative estimate of drug-likeness (QED) is 0.827. The van der Waals surface area contributed by atoms with Crippen LogP contribution in [0.3, 0.4) is 0 Å². The van der Waals surface area contributed by atoms with Crippen LogP contribution < -0.4 is 5.73 Å². The summed E-state index contributed by atoms with van der Waals surface area (Å²) in [7, 11) is 0. The normalized spacial score (nSPS) is 14.6. The van der Waals surface area contributed by atoms with Crippen LogP contribution in [-0.4, -0.2) is 9.97 Å². The number of hydrogen-bond acceptors (Lipinski definition) is 2. The van der Waals surface area contributed by atoms with E-state index in [1.807, 2.05) is 12.1 Å². The van der Waals surface area contributed by atoms with E-state index in [2.05, 4.69) is 17.1 Å². The van der Waals surface area contributed by atoms with Crippen LogP contribution in [0.1, 0.15) is 29.8 Å². The van der Waals surface area contributed by atoms with Crippen molar-refractivity contribution >= 4 is 0 Å². The number of aryl methyl sites for hydroxylation is 2. The number of nitrogens with two attached hydrogens (primary N) is 1. The molecular weight excluding hydrogens is 210 g/mol. The molecule has 1 aromatic carbocycles. The maximum atomic E-state index is 5.66. The summed E-state index contributed by atoms with van der Waals surface area (Å²) in [5.41, 5.74) is 10.5. The summed E-state index contributed by atoms with van der Waals surface area (Å²) in [5, 5.41) is 0. The largest absolute Gasteiger partial charge is 0.342 e. The van der Waals surface area contributed by atoms with Gasteiger partial charge in [0.15, 0.2) is 0 Å². The van der Waals surface area contributed by atoms with Crippen molar-refractivity contribution in [1.29, 1.82) is 0 Å². The monoisotopic (exact) mass is 227 g/mol. The molecule has 0 saturated heterocycles. The molecule has 17 heavy (non-hydrogen) atoms. The molecule has 0 fully saturated rings. The van der Waals surface area contributed by atoms with Crippen LogP contribution in [0.15, 0.2) is 24.3 Å². The first-order valence-electron chi connectivity index (χ1n) is 6.24. The molecule has 3 nitrogen and oxygen atoms in total. The molecule has 0 unspecified atom stereocenters. The van der Waals surface area contributed by atoms with Crippen molar-refractivity contribution < 1.29 is 0 Å². The molecule has 3 heteroatoms. The van der Waals surface area contributed by atoms with Crippen LogP contribution in [0.25, 0.3) is 11.4 Å². The number of nitrogens with zero attached hydrogens (tertiary/aromatic N) is 1. The summed E-state index contributed by atoms with van der Waals surface area (Å²) >= 11 is 0. The Kier molecular flexibility index (Phi) is 2.69. The smallest absolute Gasteiger partial charge is 0.137 e. The van der Waals surface area contributed by atoms with Crippen molar-refractivity contribution in [3.05, 3.63) is 41.2 Å². The number of rotatable bonds is 2. The third kappa shape index (κ3) is 1.98. The van der Waals surface area contributed by atoms with Gasteiger partial charge in [-0.3, -0.25) is 0 Å². The number of benzene rings is 1. The van der Waals surface area contributed by atoms with E-state index in [4.69, 9.17) is 10.7 Å². The SMILES string of the molecule is NCc1cccc(-c2nc3c([nH]2)CCCC3)c1. The van der Waals surface area contributed by atoms with Crippen molar-refractivity contribution in [1.82, 2.24) is 9.97 Å². The molecule has 0 bridgehead atoms. The minimum absolute atomic E-state index is 0.578. The predicted octanol–water partition coefficient (Wildman–Crippen LogP) is 2.41. The topological polar surface area (TPSA) is 54.7 Å². The lowest BCUT2D eigenvalue weighted by Crippen LogP contribution is -2.00. The number of H-pyrrole nitrogens is 1. The van der Waals surface area contributed by atoms with Crippen LogP contribution in [0.5, 0.6) is 0 Å². The number of aromatic amines is 1. The van der Waals surface area contributed by atoms with E-state index in [0.717, 1.165) is 29.8 Å². The molecule has 0 radical (unpaired) electrons. The van der Waals surface area contributed by atoms with E-state index >= 15 is 0 Å². The number of hydrogen-bond donors (Lipinski definition) is 2. The van der Waals surface area contributed by atoms with E-state index in [9.17, 15) is 0 Å². The van der Waals surface area contributed by atoms with Crippen molar-refractivity contribution in [2.24, 2.45) is 5.73 Å². The van der Waals surface area contributed by atoms with Crippen molar-refractivity contribution in [3.8, 4) is 11.4 Å². The number of imidazole rings is 1. The van der Waals surface area contributed by atoms with Crippen LogP contribution in [0.2, 0.25) is 0 Å². The van der Waals surface area contributed by atoms with E-state index in [-0.39, 0.29) is 0 Å². The van der Waals surface area contributed by atoms with Gasteiger partial charge < -0.3 is 10.7 Å². The van der Waals surface area contributed by atoms with Gasteiger partial charge in [0, 0.05) is 17.8 Å². The second kappa shape index (κ2) is 4.34. The molecule has 1 heterocycles. The van der Waals surface area contributed by atoms with Crippen LogP contribution >= 0.6 is 0 Å². The molecule has 3 rings (SSSR count). The van der Waals surface area contributed by atoms with Gasteiger partial charge in [-0.05, 0) is 37.3 Å². The number of aromatic nitrogens is 2. The molecule has 2 aromatic rings. The number of fused-ring (bicyclic) bond motifs is 1. The number of nitrogens with one attached hydrogen (secondary N) is 1. The molecule has 0 saturated carbocycles. The summed E-state index contributed by atoms with van der Waals surface area (Å²) in [5.74, 6) is 0.993. The highest BCUT2D eigenvalue weighted by molar-refractivity contribution is 5.57. The third-order valence-electron chi connectivity index (χ3n) is 3.39. The Morgan fingerprint density at radius 1 is 1.24 bits per heavy atom. The Bertz CT molecular complexity index is 505. The summed E-state index contributed by atoms with van der Waals surface area (Å²) in [6.45, 7) is 0.578. The standard InChI is InChI=1S/C14H17N3/c15-9-10-4-3-5-11(8-10)14-16-12-6-1-2-7-13(12)17-14/h3-5,8H,1-2,6-7,9,15H2,(H,16,17). The van der Waals surface area contributed by atoms with Gasteiger partial charge in [-0.2, -0.15) is 0 Å². The van der Waals surface area contributed by atoms with Gasteiger partial charge in [0.1, 0.15) is 5.82 Å². The molecule has 0 atom stereocenters. The zero-order valence-electron chi connectivity index (χ0n) is 9.87. The van der Waals surface area contributed by atoms with E-state index in [1.165, 1.54) is 24.2 Å². The second-order valence-corrected chi connectivity index (χ2v) is 4.62. The lowest BCUT2D eigenvalue weighted by atomic mass is 10.0. The van der Waals surface area contributed by atoms with E-state index in [0.29, 0.717) is 6.54 Å². The highest BCUT2D eigenvalue weighted by Crippen LogP contribution is 2.24. The average Bonchev–Trinajstić information content (AvgIpc) is 2.82. The maximum absolute atomic E-state index is 5.66. The Morgan fingerprint density at radius 2 is 2.12 bits per heavy atom. The summed E-state index contributed by atoms with van der Waals surface area (Å²) in [6, 6.07) is 8.29. The van der Waals surface area contributed by atoms with Crippen LogP contribution in [0.4, 0.5) is 0 Å². The van der Waals surface area contributed by atoms with Crippen molar-refractivity contribution in [2.45, 2.75) is 32.2 Å². The average molecular weight is 227 g/mol. The van der Waals surface area contributed by atoms with E-state index < -0.39 is 0 Å². The molecule has 1 aliphatic rings. The lowest BCUT2D eigenvalue weighted by molar-refractivity contribution is 0.667. The zero-order chi connectivity index (χ0) is 11.7. The Hall–Kier alpha value is -1.61. The van der Waals surface area contributed by atoms with Gasteiger partial charge in [-0.25, -0.2) is 4.98 Å². The van der Waals surface area contributed by atoms with Crippen LogP contribution in [-0.2, 0) is 19.4 Å². The molecule has 88 valence electrons. The molecule has 0 amide bonds. The fourth-order valence-electron chi connectivity index (χ4n) is 2.44. The van der Waals surface area contributed by atoms with Gasteiger partial charge in [-0.1, -0.05) is 18.2 Å². The summed E-state index contributed by atoms with van der Waals surface area (Å²) < 4.78 is 0. The van der Waals surface area contributed by atoms with Gasteiger partial charge in [0.25, 0.3) is 0 Å². The minimum atomic E-state index is 0.578. The Morgan fingerprint density at radius 3 is 2.94 bits per heavy atom. The maximum Gasteiger partial charge on any atom is 0.137 e. The third-order valence-corrected chi connectivity index (χ3v) is 3.39.